The van der Waals surface area contributed by atoms with E-state index in [0.29, 0.717) is 6.54 Å². The van der Waals surface area contributed by atoms with Crippen molar-refractivity contribution in [3.63, 3.8) is 0 Å². The second-order valence-electron chi connectivity index (χ2n) is 5.35. The third-order valence-corrected chi connectivity index (χ3v) is 3.79. The van der Waals surface area contributed by atoms with E-state index in [4.69, 9.17) is 0 Å². The van der Waals surface area contributed by atoms with Crippen LogP contribution in [0.25, 0.3) is 10.9 Å². The predicted molar refractivity (Wildman–Crippen MR) is 83.2 cm³/mol. The van der Waals surface area contributed by atoms with Crippen LogP contribution in [0, 0.1) is 19.7 Å². The Kier molecular flexibility index (Phi) is 3.34. The SMILES string of the molecule is Cc1cc(=O)n(Cc2ccc(F)cc2)c2c(C)cccc12. The number of halogens is 1. The number of rotatable bonds is 2. The van der Waals surface area contributed by atoms with E-state index in [1.807, 2.05) is 32.0 Å². The maximum atomic E-state index is 13.0. The number of aryl methyl sites for hydroxylation is 2. The molecule has 0 saturated heterocycles. The van der Waals surface area contributed by atoms with Crippen LogP contribution in [0.4, 0.5) is 4.39 Å². The Balaban J connectivity index is 2.22. The van der Waals surface area contributed by atoms with E-state index in [9.17, 15) is 9.18 Å². The van der Waals surface area contributed by atoms with Gasteiger partial charge in [-0.05, 0) is 42.7 Å². The van der Waals surface area contributed by atoms with Crippen LogP contribution in [0.3, 0.4) is 0 Å². The Bertz CT molecular complexity index is 863. The molecule has 0 N–H and O–H groups in total. The summed E-state index contributed by atoms with van der Waals surface area (Å²) in [5, 5.41) is 1.08. The number of benzene rings is 2. The van der Waals surface area contributed by atoms with E-state index >= 15 is 0 Å². The Morgan fingerprint density at radius 3 is 2.43 bits per heavy atom. The molecule has 3 rings (SSSR count). The molecule has 0 amide bonds. The van der Waals surface area contributed by atoms with Crippen LogP contribution >= 0.6 is 0 Å². The summed E-state index contributed by atoms with van der Waals surface area (Å²) in [4.78, 5) is 12.4. The van der Waals surface area contributed by atoms with Crippen molar-refractivity contribution in [2.24, 2.45) is 0 Å². The van der Waals surface area contributed by atoms with Gasteiger partial charge >= 0.3 is 0 Å². The van der Waals surface area contributed by atoms with Crippen molar-refractivity contribution in [3.8, 4) is 0 Å². The molecule has 106 valence electrons. The minimum Gasteiger partial charge on any atom is -0.304 e. The Morgan fingerprint density at radius 2 is 1.71 bits per heavy atom. The van der Waals surface area contributed by atoms with Gasteiger partial charge in [0.15, 0.2) is 0 Å². The van der Waals surface area contributed by atoms with Crippen molar-refractivity contribution in [3.05, 3.63) is 81.4 Å². The van der Waals surface area contributed by atoms with Gasteiger partial charge in [0.05, 0.1) is 12.1 Å². The normalized spacial score (nSPS) is 11.0. The van der Waals surface area contributed by atoms with Crippen molar-refractivity contribution in [2.75, 3.05) is 0 Å². The summed E-state index contributed by atoms with van der Waals surface area (Å²) in [5.74, 6) is -0.268. The molecular formula is C18H16FNO. The van der Waals surface area contributed by atoms with Crippen LogP contribution in [0.1, 0.15) is 16.7 Å². The first kappa shape index (κ1) is 13.6. The second kappa shape index (κ2) is 5.17. The van der Waals surface area contributed by atoms with Crippen molar-refractivity contribution < 1.29 is 4.39 Å². The number of hydrogen-bond acceptors (Lipinski definition) is 1. The molecule has 0 saturated carbocycles. The smallest absolute Gasteiger partial charge is 0.251 e. The van der Waals surface area contributed by atoms with E-state index in [2.05, 4.69) is 0 Å². The lowest BCUT2D eigenvalue weighted by molar-refractivity contribution is 0.626. The summed E-state index contributed by atoms with van der Waals surface area (Å²) < 4.78 is 14.8. The van der Waals surface area contributed by atoms with E-state index < -0.39 is 0 Å². The molecule has 0 fully saturated rings. The van der Waals surface area contributed by atoms with Crippen molar-refractivity contribution in [2.45, 2.75) is 20.4 Å². The summed E-state index contributed by atoms with van der Waals surface area (Å²) in [6, 6.07) is 14.0. The van der Waals surface area contributed by atoms with Crippen LogP contribution < -0.4 is 5.56 Å². The van der Waals surface area contributed by atoms with Gasteiger partial charge in [-0.3, -0.25) is 4.79 Å². The Morgan fingerprint density at radius 1 is 1.00 bits per heavy atom. The van der Waals surface area contributed by atoms with Crippen molar-refractivity contribution in [1.82, 2.24) is 4.57 Å². The molecule has 21 heavy (non-hydrogen) atoms. The lowest BCUT2D eigenvalue weighted by Gasteiger charge is -2.14. The van der Waals surface area contributed by atoms with Gasteiger partial charge in [-0.1, -0.05) is 30.3 Å². The van der Waals surface area contributed by atoms with Crippen molar-refractivity contribution in [1.29, 1.82) is 0 Å². The van der Waals surface area contributed by atoms with Gasteiger partial charge in [0, 0.05) is 11.5 Å². The molecule has 1 aromatic heterocycles. The van der Waals surface area contributed by atoms with Crippen LogP contribution in [-0.2, 0) is 6.54 Å². The van der Waals surface area contributed by atoms with Gasteiger partial charge in [-0.2, -0.15) is 0 Å². The summed E-state index contributed by atoms with van der Waals surface area (Å²) >= 11 is 0. The molecule has 0 spiro atoms. The lowest BCUT2D eigenvalue weighted by Crippen LogP contribution is -2.21. The summed E-state index contributed by atoms with van der Waals surface area (Å²) in [6.07, 6.45) is 0. The monoisotopic (exact) mass is 281 g/mol. The van der Waals surface area contributed by atoms with Crippen LogP contribution in [-0.4, -0.2) is 4.57 Å². The zero-order valence-corrected chi connectivity index (χ0v) is 12.1. The molecule has 2 nitrogen and oxygen atoms in total. The second-order valence-corrected chi connectivity index (χ2v) is 5.35. The molecule has 0 radical (unpaired) electrons. The van der Waals surface area contributed by atoms with Crippen molar-refractivity contribution >= 4 is 10.9 Å². The standard InChI is InChI=1S/C18H16FNO/c1-12-4-3-5-16-13(2)10-17(21)20(18(12)16)11-14-6-8-15(19)9-7-14/h3-10H,11H2,1-2H3. The molecule has 0 aliphatic carbocycles. The highest BCUT2D eigenvalue weighted by Crippen LogP contribution is 2.20. The molecule has 1 heterocycles. The first-order valence-electron chi connectivity index (χ1n) is 6.90. The lowest BCUT2D eigenvalue weighted by atomic mass is 10.1. The fourth-order valence-electron chi connectivity index (χ4n) is 2.72. The minimum atomic E-state index is -0.268. The third-order valence-electron chi connectivity index (χ3n) is 3.79. The van der Waals surface area contributed by atoms with Gasteiger partial charge in [0.2, 0.25) is 0 Å². The maximum absolute atomic E-state index is 13.0. The van der Waals surface area contributed by atoms with E-state index in [-0.39, 0.29) is 11.4 Å². The van der Waals surface area contributed by atoms with Gasteiger partial charge < -0.3 is 4.57 Å². The quantitative estimate of drug-likeness (QED) is 0.700. The Labute approximate surface area is 122 Å². The average molecular weight is 281 g/mol. The molecule has 0 aliphatic heterocycles. The molecule has 3 aromatic rings. The minimum absolute atomic E-state index is 0.0291. The molecule has 0 aliphatic rings. The average Bonchev–Trinajstić information content (AvgIpc) is 2.46. The first-order chi connectivity index (χ1) is 10.1. The maximum Gasteiger partial charge on any atom is 0.251 e. The molecular weight excluding hydrogens is 265 g/mol. The number of fused-ring (bicyclic) bond motifs is 1. The largest absolute Gasteiger partial charge is 0.304 e. The topological polar surface area (TPSA) is 22.0 Å². The number of hydrogen-bond donors (Lipinski definition) is 0. The fourth-order valence-corrected chi connectivity index (χ4v) is 2.72. The number of para-hydroxylation sites is 1. The number of aromatic nitrogens is 1. The fraction of sp³-hybridized carbons (Fsp3) is 0.167. The summed E-state index contributed by atoms with van der Waals surface area (Å²) in [6.45, 7) is 4.40. The molecule has 0 unspecified atom stereocenters. The third kappa shape index (κ3) is 2.47. The Hall–Kier alpha value is -2.42. The van der Waals surface area contributed by atoms with Crippen LogP contribution in [0.15, 0.2) is 53.3 Å². The van der Waals surface area contributed by atoms with Crippen LogP contribution in [0.2, 0.25) is 0 Å². The molecule has 2 aromatic carbocycles. The molecule has 0 bridgehead atoms. The first-order valence-corrected chi connectivity index (χ1v) is 6.90. The summed E-state index contributed by atoms with van der Waals surface area (Å²) in [5.41, 5.74) is 3.88. The zero-order valence-electron chi connectivity index (χ0n) is 12.1. The van der Waals surface area contributed by atoms with E-state index in [0.717, 1.165) is 27.6 Å². The summed E-state index contributed by atoms with van der Waals surface area (Å²) in [7, 11) is 0. The highest BCUT2D eigenvalue weighted by molar-refractivity contribution is 5.85. The predicted octanol–water partition coefficient (Wildman–Crippen LogP) is 3.81. The van der Waals surface area contributed by atoms with Crippen LogP contribution in [0.5, 0.6) is 0 Å². The zero-order chi connectivity index (χ0) is 15.0. The van der Waals surface area contributed by atoms with E-state index in [1.165, 1.54) is 12.1 Å². The van der Waals surface area contributed by atoms with Gasteiger partial charge in [0.1, 0.15) is 5.82 Å². The molecule has 0 atom stereocenters. The van der Waals surface area contributed by atoms with Gasteiger partial charge in [-0.25, -0.2) is 4.39 Å². The number of nitrogens with zero attached hydrogens (tertiary/aromatic N) is 1. The van der Waals surface area contributed by atoms with Gasteiger partial charge in [0.25, 0.3) is 5.56 Å². The molecule has 3 heteroatoms. The highest BCUT2D eigenvalue weighted by Gasteiger charge is 2.09. The number of pyridine rings is 1. The highest BCUT2D eigenvalue weighted by atomic mass is 19.1. The van der Waals surface area contributed by atoms with Gasteiger partial charge in [-0.15, -0.1) is 0 Å². The van der Waals surface area contributed by atoms with E-state index in [1.54, 1.807) is 22.8 Å².